The summed E-state index contributed by atoms with van der Waals surface area (Å²) in [5.41, 5.74) is 2.76. The molecule has 0 saturated carbocycles. The molecule has 0 radical (unpaired) electrons. The zero-order chi connectivity index (χ0) is 24.9. The second-order valence-electron chi connectivity index (χ2n) is 8.73. The Labute approximate surface area is 203 Å². The number of aliphatic hydroxyl groups is 1. The first kappa shape index (κ1) is 24.8. The van der Waals surface area contributed by atoms with E-state index in [1.54, 1.807) is 18.2 Å². The number of allylic oxidation sites excluding steroid dienone is 1. The number of aliphatic hydroxyl groups excluding tert-OH is 1. The van der Waals surface area contributed by atoms with Crippen LogP contribution in [0.25, 0.3) is 5.57 Å². The summed E-state index contributed by atoms with van der Waals surface area (Å²) in [5, 5.41) is 10.1. The molecule has 3 aromatic rings. The molecule has 0 bridgehead atoms. The van der Waals surface area contributed by atoms with Crippen LogP contribution in [0.3, 0.4) is 0 Å². The van der Waals surface area contributed by atoms with Crippen molar-refractivity contribution in [2.24, 2.45) is 0 Å². The van der Waals surface area contributed by atoms with Gasteiger partial charge in [-0.3, -0.25) is 4.90 Å². The lowest BCUT2D eigenvalue weighted by atomic mass is 9.96. The lowest BCUT2D eigenvalue weighted by molar-refractivity contribution is 0.131. The van der Waals surface area contributed by atoms with Gasteiger partial charge in [-0.15, -0.1) is 0 Å². The van der Waals surface area contributed by atoms with Gasteiger partial charge in [-0.1, -0.05) is 48.5 Å². The van der Waals surface area contributed by atoms with E-state index in [1.165, 1.54) is 25.3 Å². The van der Waals surface area contributed by atoms with Gasteiger partial charge < -0.3 is 14.7 Å². The minimum absolute atomic E-state index is 0.00887. The first-order valence-electron chi connectivity index (χ1n) is 11.5. The first-order valence-corrected chi connectivity index (χ1v) is 11.5. The van der Waals surface area contributed by atoms with Gasteiger partial charge in [0.1, 0.15) is 11.6 Å². The first-order chi connectivity index (χ1) is 16.9. The van der Waals surface area contributed by atoms with Crippen molar-refractivity contribution in [3.05, 3.63) is 107 Å². The highest BCUT2D eigenvalue weighted by atomic mass is 19.1. The molecule has 0 spiro atoms. The molecule has 1 heterocycles. The lowest BCUT2D eigenvalue weighted by Crippen LogP contribution is -2.44. The van der Waals surface area contributed by atoms with Crippen LogP contribution in [0.15, 0.2) is 72.4 Å². The molecule has 4 nitrogen and oxygen atoms in total. The molecule has 3 aromatic carbocycles. The van der Waals surface area contributed by atoms with Gasteiger partial charge >= 0.3 is 0 Å². The summed E-state index contributed by atoms with van der Waals surface area (Å²) in [6.07, 6.45) is 0. The van der Waals surface area contributed by atoms with Crippen molar-refractivity contribution in [1.82, 2.24) is 9.80 Å². The van der Waals surface area contributed by atoms with E-state index in [2.05, 4.69) is 4.90 Å². The third-order valence-corrected chi connectivity index (χ3v) is 6.55. The zero-order valence-electron chi connectivity index (χ0n) is 19.8. The van der Waals surface area contributed by atoms with Crippen LogP contribution in [0.2, 0.25) is 0 Å². The Balaban J connectivity index is 1.72. The molecule has 1 aliphatic rings. The van der Waals surface area contributed by atoms with Gasteiger partial charge in [-0.2, -0.15) is 0 Å². The average molecular weight is 483 g/mol. The van der Waals surface area contributed by atoms with E-state index < -0.39 is 17.5 Å². The van der Waals surface area contributed by atoms with Gasteiger partial charge in [0.25, 0.3) is 0 Å². The molecule has 0 aliphatic carbocycles. The number of nitrogens with zero attached hydrogens (tertiary/aromatic N) is 2. The van der Waals surface area contributed by atoms with Crippen molar-refractivity contribution in [2.45, 2.75) is 19.4 Å². The third-order valence-electron chi connectivity index (χ3n) is 6.55. The molecule has 0 fully saturated rings. The second-order valence-corrected chi connectivity index (χ2v) is 8.73. The molecule has 7 heteroatoms. The normalized spacial score (nSPS) is 15.4. The van der Waals surface area contributed by atoms with Crippen LogP contribution in [0, 0.1) is 17.5 Å². The Bertz CT molecular complexity index is 1180. The zero-order valence-corrected chi connectivity index (χ0v) is 19.8. The van der Waals surface area contributed by atoms with Crippen molar-refractivity contribution in [2.75, 3.05) is 33.5 Å². The number of methoxy groups -OCH3 is 1. The highest BCUT2D eigenvalue weighted by Crippen LogP contribution is 2.34. The van der Waals surface area contributed by atoms with Crippen molar-refractivity contribution in [1.29, 1.82) is 0 Å². The van der Waals surface area contributed by atoms with Gasteiger partial charge in [-0.25, -0.2) is 13.2 Å². The molecule has 4 rings (SSSR count). The summed E-state index contributed by atoms with van der Waals surface area (Å²) >= 11 is 0. The summed E-state index contributed by atoms with van der Waals surface area (Å²) in [6.45, 7) is 3.04. The highest BCUT2D eigenvalue weighted by Gasteiger charge is 2.29. The summed E-state index contributed by atoms with van der Waals surface area (Å²) < 4.78 is 49.4. The number of halogens is 3. The minimum atomic E-state index is -0.624. The van der Waals surface area contributed by atoms with E-state index in [1.807, 2.05) is 42.2 Å². The molecule has 0 unspecified atom stereocenters. The summed E-state index contributed by atoms with van der Waals surface area (Å²) in [4.78, 5) is 3.91. The van der Waals surface area contributed by atoms with Crippen LogP contribution < -0.4 is 4.74 Å². The number of benzene rings is 3. The van der Waals surface area contributed by atoms with E-state index in [0.717, 1.165) is 11.3 Å². The van der Waals surface area contributed by atoms with Crippen LogP contribution in [0.5, 0.6) is 5.75 Å². The van der Waals surface area contributed by atoms with Crippen LogP contribution in [-0.4, -0.2) is 48.4 Å². The van der Waals surface area contributed by atoms with E-state index in [-0.39, 0.29) is 30.4 Å². The van der Waals surface area contributed by atoms with Gasteiger partial charge in [0.2, 0.25) is 0 Å². The quantitative estimate of drug-likeness (QED) is 0.467. The predicted molar refractivity (Wildman–Crippen MR) is 130 cm³/mol. The van der Waals surface area contributed by atoms with Crippen molar-refractivity contribution in [3.8, 4) is 5.75 Å². The monoisotopic (exact) mass is 482 g/mol. The molecule has 0 saturated heterocycles. The van der Waals surface area contributed by atoms with Crippen molar-refractivity contribution in [3.63, 3.8) is 0 Å². The Morgan fingerprint density at radius 2 is 1.63 bits per heavy atom. The smallest absolute Gasteiger partial charge is 0.172 e. The average Bonchev–Trinajstić information content (AvgIpc) is 2.87. The summed E-state index contributed by atoms with van der Waals surface area (Å²) in [7, 11) is 1.41. The standard InChI is InChI=1S/C28H29F3N2O2/c1-19-23(22-10-6-13-27(35-2)28(22)31)15-32(14-21(17-34)20-8-4-3-5-9-20)18-33(19)16-24-25(29)11-7-12-26(24)30/h3-13,21,34H,14-18H2,1-2H3/t21-/m1/s1. The molecule has 1 aliphatic heterocycles. The third kappa shape index (κ3) is 5.36. The van der Waals surface area contributed by atoms with Crippen LogP contribution in [0.4, 0.5) is 13.2 Å². The molecule has 35 heavy (non-hydrogen) atoms. The van der Waals surface area contributed by atoms with E-state index in [0.29, 0.717) is 30.9 Å². The molecule has 1 N–H and O–H groups in total. The van der Waals surface area contributed by atoms with E-state index in [4.69, 9.17) is 4.74 Å². The van der Waals surface area contributed by atoms with Gasteiger partial charge in [0.05, 0.1) is 20.4 Å². The van der Waals surface area contributed by atoms with Crippen molar-refractivity contribution < 1.29 is 23.0 Å². The lowest BCUT2D eigenvalue weighted by Gasteiger charge is -2.41. The minimum Gasteiger partial charge on any atom is -0.494 e. The number of rotatable bonds is 8. The SMILES string of the molecule is COc1cccc(C2=C(C)N(Cc3c(F)cccc3F)CN(C[C@H](CO)c3ccccc3)C2)c1F. The van der Waals surface area contributed by atoms with Crippen LogP contribution in [0.1, 0.15) is 29.5 Å². The van der Waals surface area contributed by atoms with E-state index >= 15 is 4.39 Å². The fraction of sp³-hybridized carbons (Fsp3) is 0.286. The Morgan fingerprint density at radius 3 is 2.29 bits per heavy atom. The number of hydrogen-bond donors (Lipinski definition) is 1. The maximum atomic E-state index is 15.3. The molecule has 0 amide bonds. The van der Waals surface area contributed by atoms with Crippen molar-refractivity contribution >= 4 is 5.57 Å². The summed E-state index contributed by atoms with van der Waals surface area (Å²) in [6, 6.07) is 18.4. The van der Waals surface area contributed by atoms with Gasteiger partial charge in [-0.05, 0) is 36.3 Å². The second kappa shape index (κ2) is 11.0. The summed E-state index contributed by atoms with van der Waals surface area (Å²) in [5.74, 6) is -1.77. The molecular formula is C28H29F3N2O2. The fourth-order valence-electron chi connectivity index (χ4n) is 4.58. The predicted octanol–water partition coefficient (Wildman–Crippen LogP) is 5.39. The maximum Gasteiger partial charge on any atom is 0.172 e. The van der Waals surface area contributed by atoms with E-state index in [9.17, 15) is 13.9 Å². The Hall–Kier alpha value is -3.29. The van der Waals surface area contributed by atoms with Gasteiger partial charge in [0, 0.05) is 42.4 Å². The maximum absolute atomic E-state index is 15.3. The molecule has 1 atom stereocenters. The van der Waals surface area contributed by atoms with Crippen LogP contribution >= 0.6 is 0 Å². The van der Waals surface area contributed by atoms with Crippen LogP contribution in [-0.2, 0) is 6.54 Å². The molecular weight excluding hydrogens is 453 g/mol. The molecule has 0 aromatic heterocycles. The fourth-order valence-corrected chi connectivity index (χ4v) is 4.58. The largest absolute Gasteiger partial charge is 0.494 e. The molecule has 184 valence electrons. The number of hydrogen-bond acceptors (Lipinski definition) is 4. The Kier molecular flexibility index (Phi) is 7.78. The topological polar surface area (TPSA) is 35.9 Å². The Morgan fingerprint density at radius 1 is 0.943 bits per heavy atom. The van der Waals surface area contributed by atoms with Gasteiger partial charge in [0.15, 0.2) is 11.6 Å². The highest BCUT2D eigenvalue weighted by molar-refractivity contribution is 5.71. The number of ether oxygens (including phenoxy) is 1.